The summed E-state index contributed by atoms with van der Waals surface area (Å²) in [6.07, 6.45) is 1.31. The number of hydrogen-bond donors (Lipinski definition) is 1. The Morgan fingerprint density at radius 2 is 1.86 bits per heavy atom. The normalized spacial score (nSPS) is 10.9. The molecular formula is C20H12ClN3O4. The zero-order chi connectivity index (χ0) is 20.1. The maximum absolute atomic E-state index is 12.3. The summed E-state index contributed by atoms with van der Waals surface area (Å²) in [6.45, 7) is 0. The van der Waals surface area contributed by atoms with Crippen LogP contribution in [0.15, 0.2) is 70.7 Å². The Labute approximate surface area is 164 Å². The zero-order valence-corrected chi connectivity index (χ0v) is 15.0. The van der Waals surface area contributed by atoms with Gasteiger partial charge in [-0.3, -0.25) is 14.9 Å². The van der Waals surface area contributed by atoms with Crippen LogP contribution in [-0.2, 0) is 4.79 Å². The average Bonchev–Trinajstić information content (AvgIpc) is 3.15. The second-order valence-electron chi connectivity index (χ2n) is 5.61. The Balaban J connectivity index is 1.78. The molecule has 1 N–H and O–H groups in total. The van der Waals surface area contributed by atoms with Crippen LogP contribution in [0.3, 0.4) is 0 Å². The van der Waals surface area contributed by atoms with Gasteiger partial charge in [0.1, 0.15) is 23.2 Å². The Morgan fingerprint density at radius 3 is 2.50 bits per heavy atom. The van der Waals surface area contributed by atoms with E-state index in [-0.39, 0.29) is 11.3 Å². The molecule has 0 spiro atoms. The number of halogens is 1. The Kier molecular flexibility index (Phi) is 5.53. The number of carbonyl (C=O) groups excluding carboxylic acids is 1. The summed E-state index contributed by atoms with van der Waals surface area (Å²) < 4.78 is 5.66. The number of rotatable bonds is 5. The minimum absolute atomic E-state index is 0.100. The molecule has 0 aliphatic carbocycles. The van der Waals surface area contributed by atoms with E-state index in [9.17, 15) is 20.2 Å². The number of nitro groups is 1. The van der Waals surface area contributed by atoms with E-state index in [0.29, 0.717) is 27.8 Å². The van der Waals surface area contributed by atoms with Crippen molar-refractivity contribution < 1.29 is 14.1 Å². The van der Waals surface area contributed by atoms with Crippen LogP contribution in [0.25, 0.3) is 17.4 Å². The van der Waals surface area contributed by atoms with Crippen LogP contribution in [0, 0.1) is 21.4 Å². The highest BCUT2D eigenvalue weighted by atomic mass is 35.5. The molecule has 7 nitrogen and oxygen atoms in total. The Bertz CT molecular complexity index is 1110. The van der Waals surface area contributed by atoms with Crippen molar-refractivity contribution >= 4 is 35.0 Å². The van der Waals surface area contributed by atoms with E-state index in [0.717, 1.165) is 0 Å². The third kappa shape index (κ3) is 4.26. The van der Waals surface area contributed by atoms with E-state index >= 15 is 0 Å². The van der Waals surface area contributed by atoms with E-state index in [1.165, 1.54) is 30.3 Å². The number of nitriles is 1. The van der Waals surface area contributed by atoms with E-state index < -0.39 is 10.8 Å². The summed E-state index contributed by atoms with van der Waals surface area (Å²) in [5.74, 6) is 0.155. The van der Waals surface area contributed by atoms with Gasteiger partial charge in [-0.05, 0) is 36.4 Å². The number of anilines is 1. The van der Waals surface area contributed by atoms with Crippen LogP contribution in [0.1, 0.15) is 5.76 Å². The maximum atomic E-state index is 12.3. The number of hydrogen-bond acceptors (Lipinski definition) is 5. The standard InChI is InChI=1S/C20H12ClN3O4/c21-18-4-2-1-3-17(18)19-10-9-16(28-19)11-13(12-22)20(25)23-14-5-7-15(8-6-14)24(26)27/h1-11H,(H,23,25)/b13-11+. The van der Waals surface area contributed by atoms with Crippen LogP contribution in [0.5, 0.6) is 0 Å². The highest BCUT2D eigenvalue weighted by Gasteiger charge is 2.13. The molecule has 28 heavy (non-hydrogen) atoms. The second-order valence-corrected chi connectivity index (χ2v) is 6.02. The number of benzene rings is 2. The molecule has 8 heteroatoms. The summed E-state index contributed by atoms with van der Waals surface area (Å²) in [7, 11) is 0. The topological polar surface area (TPSA) is 109 Å². The highest BCUT2D eigenvalue weighted by molar-refractivity contribution is 6.33. The van der Waals surface area contributed by atoms with Crippen molar-refractivity contribution in [3.8, 4) is 17.4 Å². The molecular weight excluding hydrogens is 382 g/mol. The number of furan rings is 1. The van der Waals surface area contributed by atoms with E-state index in [1.54, 1.807) is 30.3 Å². The predicted molar refractivity (Wildman–Crippen MR) is 104 cm³/mol. The predicted octanol–water partition coefficient (Wildman–Crippen LogP) is 5.05. The van der Waals surface area contributed by atoms with Gasteiger partial charge in [0.25, 0.3) is 11.6 Å². The van der Waals surface area contributed by atoms with Crippen LogP contribution >= 0.6 is 11.6 Å². The van der Waals surface area contributed by atoms with Gasteiger partial charge >= 0.3 is 0 Å². The fourth-order valence-corrected chi connectivity index (χ4v) is 2.62. The molecule has 0 radical (unpaired) electrons. The lowest BCUT2D eigenvalue weighted by Gasteiger charge is -2.03. The molecule has 3 aromatic rings. The fraction of sp³-hybridized carbons (Fsp3) is 0. The maximum Gasteiger partial charge on any atom is 0.269 e. The number of amides is 1. The molecule has 0 aliphatic heterocycles. The summed E-state index contributed by atoms with van der Waals surface area (Å²) >= 11 is 6.14. The van der Waals surface area contributed by atoms with Crippen molar-refractivity contribution in [2.24, 2.45) is 0 Å². The fourth-order valence-electron chi connectivity index (χ4n) is 2.39. The van der Waals surface area contributed by atoms with Gasteiger partial charge in [0.05, 0.1) is 9.95 Å². The first-order valence-corrected chi connectivity index (χ1v) is 8.38. The first-order chi connectivity index (χ1) is 13.5. The summed E-state index contributed by atoms with van der Waals surface area (Å²) in [4.78, 5) is 22.4. The van der Waals surface area contributed by atoms with Crippen molar-refractivity contribution in [1.29, 1.82) is 5.26 Å². The van der Waals surface area contributed by atoms with Crippen LogP contribution in [0.2, 0.25) is 5.02 Å². The molecule has 0 fully saturated rings. The summed E-state index contributed by atoms with van der Waals surface area (Å²) in [5, 5.41) is 23.0. The van der Waals surface area contributed by atoms with Crippen molar-refractivity contribution in [2.75, 3.05) is 5.32 Å². The first kappa shape index (κ1) is 18.9. The Hall–Kier alpha value is -3.89. The van der Waals surface area contributed by atoms with Gasteiger partial charge in [0.15, 0.2) is 0 Å². The van der Waals surface area contributed by atoms with Gasteiger partial charge in [-0.25, -0.2) is 0 Å². The van der Waals surface area contributed by atoms with E-state index in [2.05, 4.69) is 5.32 Å². The molecule has 0 bridgehead atoms. The number of nitrogens with one attached hydrogen (secondary N) is 1. The number of nitrogens with zero attached hydrogens (tertiary/aromatic N) is 2. The van der Waals surface area contributed by atoms with Crippen LogP contribution in [-0.4, -0.2) is 10.8 Å². The van der Waals surface area contributed by atoms with Crippen molar-refractivity contribution in [3.05, 3.63) is 87.1 Å². The zero-order valence-electron chi connectivity index (χ0n) is 14.3. The molecule has 1 amide bonds. The molecule has 3 rings (SSSR count). The molecule has 0 aliphatic rings. The van der Waals surface area contributed by atoms with Crippen molar-refractivity contribution in [2.45, 2.75) is 0 Å². The third-order valence-corrected chi connectivity index (χ3v) is 4.08. The highest BCUT2D eigenvalue weighted by Crippen LogP contribution is 2.29. The van der Waals surface area contributed by atoms with Crippen molar-refractivity contribution in [3.63, 3.8) is 0 Å². The van der Waals surface area contributed by atoms with Gasteiger partial charge in [-0.1, -0.05) is 23.7 Å². The SMILES string of the molecule is N#C/C(=C\c1ccc(-c2ccccc2Cl)o1)C(=O)Nc1ccc([N+](=O)[O-])cc1. The minimum atomic E-state index is -0.660. The first-order valence-electron chi connectivity index (χ1n) is 8.00. The van der Waals surface area contributed by atoms with Gasteiger partial charge in [0.2, 0.25) is 0 Å². The van der Waals surface area contributed by atoms with Gasteiger partial charge in [-0.2, -0.15) is 5.26 Å². The van der Waals surface area contributed by atoms with Crippen molar-refractivity contribution in [1.82, 2.24) is 0 Å². The lowest BCUT2D eigenvalue weighted by Crippen LogP contribution is -2.13. The number of nitro benzene ring substituents is 1. The smallest absolute Gasteiger partial charge is 0.269 e. The largest absolute Gasteiger partial charge is 0.457 e. The summed E-state index contributed by atoms with van der Waals surface area (Å²) in [6, 6.07) is 17.5. The molecule has 0 saturated carbocycles. The molecule has 1 heterocycles. The van der Waals surface area contributed by atoms with E-state index in [4.69, 9.17) is 16.0 Å². The van der Waals surface area contributed by atoms with Crippen LogP contribution in [0.4, 0.5) is 11.4 Å². The van der Waals surface area contributed by atoms with Gasteiger partial charge in [-0.15, -0.1) is 0 Å². The molecule has 0 atom stereocenters. The quantitative estimate of drug-likeness (QED) is 0.282. The lowest BCUT2D eigenvalue weighted by atomic mass is 10.2. The Morgan fingerprint density at radius 1 is 1.14 bits per heavy atom. The summed E-state index contributed by atoms with van der Waals surface area (Å²) in [5.41, 5.74) is 0.737. The monoisotopic (exact) mass is 393 g/mol. The van der Waals surface area contributed by atoms with Gasteiger partial charge in [0, 0.05) is 29.5 Å². The molecule has 1 aromatic heterocycles. The average molecular weight is 394 g/mol. The number of carbonyl (C=O) groups is 1. The third-order valence-electron chi connectivity index (χ3n) is 3.75. The lowest BCUT2D eigenvalue weighted by molar-refractivity contribution is -0.384. The molecule has 0 saturated heterocycles. The molecule has 138 valence electrons. The van der Waals surface area contributed by atoms with E-state index in [1.807, 2.05) is 12.1 Å². The molecule has 2 aromatic carbocycles. The van der Waals surface area contributed by atoms with Crippen LogP contribution < -0.4 is 5.32 Å². The second kappa shape index (κ2) is 8.20. The number of non-ortho nitro benzene ring substituents is 1. The molecule has 0 unspecified atom stereocenters. The minimum Gasteiger partial charge on any atom is -0.457 e. The van der Waals surface area contributed by atoms with Gasteiger partial charge < -0.3 is 9.73 Å².